The molecule has 2 aromatic carbocycles. The number of aryl methyl sites for hydroxylation is 1. The van der Waals surface area contributed by atoms with Crippen LogP contribution in [-0.2, 0) is 13.7 Å². The van der Waals surface area contributed by atoms with Crippen LogP contribution < -0.4 is 21.6 Å². The van der Waals surface area contributed by atoms with E-state index >= 15 is 4.39 Å². The van der Waals surface area contributed by atoms with Gasteiger partial charge in [-0.15, -0.1) is 0 Å². The minimum absolute atomic E-state index is 0.0465. The second-order valence-corrected chi connectivity index (χ2v) is 16.0. The summed E-state index contributed by atoms with van der Waals surface area (Å²) >= 11 is 0. The molecule has 2 heterocycles. The molecule has 4 rings (SSSR count). The summed E-state index contributed by atoms with van der Waals surface area (Å²) in [6, 6.07) is 19.8. The van der Waals surface area contributed by atoms with Crippen LogP contribution in [0.2, 0.25) is 5.04 Å². The third kappa shape index (κ3) is 5.37. The summed E-state index contributed by atoms with van der Waals surface area (Å²) in [6.45, 7) is 7.79. The van der Waals surface area contributed by atoms with E-state index in [1.165, 1.54) is 13.1 Å². The van der Waals surface area contributed by atoms with Gasteiger partial charge in [0.1, 0.15) is 0 Å². The number of hydrogen-bond donors (Lipinski definition) is 2. The monoisotopic (exact) mass is 559 g/mol. The van der Waals surface area contributed by atoms with Gasteiger partial charge >= 0.3 is 13.7 Å². The standard InChI is InChI=1S/C27H32FN2O6PSi/c1-18-15-30(26(32)29-24(18)31)25-23(28)21(17-37(33)34)22(36-25)16-35-38(27(2,3)4,19-11-7-5-8-12-19)20-13-9-6-10-14-20/h5-15,21-23,25H,16-17H2,1-4H3,(H-,29,31,32,33,34)/p+1/t21-,22-,23-,25-/m1/s1. The van der Waals surface area contributed by atoms with Crippen molar-refractivity contribution in [2.24, 2.45) is 5.92 Å². The normalized spacial score (nSPS) is 22.4. The molecule has 8 nitrogen and oxygen atoms in total. The van der Waals surface area contributed by atoms with E-state index in [1.807, 2.05) is 60.7 Å². The molecule has 1 aromatic heterocycles. The van der Waals surface area contributed by atoms with Crippen LogP contribution in [0.1, 0.15) is 32.6 Å². The number of halogens is 1. The number of nitrogens with zero attached hydrogens (tertiary/aromatic N) is 1. The van der Waals surface area contributed by atoms with Gasteiger partial charge in [0.05, 0.1) is 18.6 Å². The molecule has 0 saturated carbocycles. The van der Waals surface area contributed by atoms with Gasteiger partial charge in [0.15, 0.2) is 18.6 Å². The summed E-state index contributed by atoms with van der Waals surface area (Å²) < 4.78 is 41.6. The van der Waals surface area contributed by atoms with E-state index in [0.717, 1.165) is 14.9 Å². The molecule has 3 aromatic rings. The van der Waals surface area contributed by atoms with Crippen molar-refractivity contribution in [1.82, 2.24) is 9.55 Å². The molecule has 1 saturated heterocycles. The van der Waals surface area contributed by atoms with Gasteiger partial charge < -0.3 is 9.16 Å². The summed E-state index contributed by atoms with van der Waals surface area (Å²) in [4.78, 5) is 36.2. The third-order valence-corrected chi connectivity index (χ3v) is 12.9. The number of hydrogen-bond acceptors (Lipinski definition) is 5. The highest BCUT2D eigenvalue weighted by molar-refractivity contribution is 7.38. The third-order valence-electron chi connectivity index (χ3n) is 7.14. The molecule has 1 aliphatic heterocycles. The summed E-state index contributed by atoms with van der Waals surface area (Å²) in [5.74, 6) is -0.994. The highest BCUT2D eigenvalue weighted by atomic mass is 31.1. The molecule has 1 aliphatic rings. The van der Waals surface area contributed by atoms with E-state index in [-0.39, 0.29) is 23.4 Å². The van der Waals surface area contributed by atoms with Crippen molar-refractivity contribution in [3.05, 3.63) is 93.3 Å². The van der Waals surface area contributed by atoms with Gasteiger partial charge in [-0.3, -0.25) is 14.3 Å². The second-order valence-electron chi connectivity index (χ2n) is 10.7. The Bertz CT molecular complexity index is 1350. The zero-order valence-corrected chi connectivity index (χ0v) is 23.7. The van der Waals surface area contributed by atoms with E-state index in [2.05, 4.69) is 25.8 Å². The van der Waals surface area contributed by atoms with Crippen LogP contribution in [0.25, 0.3) is 0 Å². The van der Waals surface area contributed by atoms with Crippen LogP contribution in [0, 0.1) is 12.8 Å². The first-order chi connectivity index (χ1) is 18.0. The van der Waals surface area contributed by atoms with E-state index in [1.54, 1.807) is 0 Å². The first-order valence-corrected chi connectivity index (χ1v) is 15.8. The molecule has 202 valence electrons. The highest BCUT2D eigenvalue weighted by Crippen LogP contribution is 2.42. The molecule has 1 fully saturated rings. The van der Waals surface area contributed by atoms with Gasteiger partial charge in [0, 0.05) is 11.8 Å². The maximum atomic E-state index is 15.8. The van der Waals surface area contributed by atoms with Gasteiger partial charge in [-0.2, -0.15) is 4.89 Å². The molecule has 38 heavy (non-hydrogen) atoms. The molecule has 2 N–H and O–H groups in total. The number of rotatable bonds is 8. The number of aromatic nitrogens is 2. The molecule has 0 spiro atoms. The van der Waals surface area contributed by atoms with Crippen LogP contribution in [-0.4, -0.2) is 47.8 Å². The van der Waals surface area contributed by atoms with Crippen LogP contribution in [0.5, 0.6) is 0 Å². The first kappa shape index (κ1) is 28.3. The number of benzene rings is 2. The molecule has 5 atom stereocenters. The summed E-state index contributed by atoms with van der Waals surface area (Å²) in [5.41, 5.74) is -1.16. The number of aromatic amines is 1. The smallest absolute Gasteiger partial charge is 0.405 e. The highest BCUT2D eigenvalue weighted by Gasteiger charge is 2.54. The number of H-pyrrole nitrogens is 1. The van der Waals surface area contributed by atoms with Crippen molar-refractivity contribution in [1.29, 1.82) is 0 Å². The van der Waals surface area contributed by atoms with Gasteiger partial charge in [0.2, 0.25) is 0 Å². The van der Waals surface area contributed by atoms with Crippen molar-refractivity contribution in [3.8, 4) is 0 Å². The molecule has 0 amide bonds. The van der Waals surface area contributed by atoms with Gasteiger partial charge in [-0.1, -0.05) is 81.4 Å². The van der Waals surface area contributed by atoms with E-state index in [4.69, 9.17) is 9.16 Å². The van der Waals surface area contributed by atoms with Crippen molar-refractivity contribution in [2.45, 2.75) is 51.2 Å². The average Bonchev–Trinajstić information content (AvgIpc) is 3.16. The Morgan fingerprint density at radius 1 is 1.08 bits per heavy atom. The quantitative estimate of drug-likeness (QED) is 0.324. The molecule has 0 radical (unpaired) electrons. The average molecular weight is 560 g/mol. The molecular weight excluding hydrogens is 526 g/mol. The van der Waals surface area contributed by atoms with Crippen molar-refractivity contribution < 1.29 is 23.0 Å². The zero-order chi connectivity index (χ0) is 27.7. The Kier molecular flexibility index (Phi) is 8.30. The van der Waals surface area contributed by atoms with Crippen LogP contribution in [0.4, 0.5) is 4.39 Å². The predicted octanol–water partition coefficient (Wildman–Crippen LogP) is 3.01. The molecule has 11 heteroatoms. The van der Waals surface area contributed by atoms with Crippen molar-refractivity contribution >= 4 is 26.7 Å². The Morgan fingerprint density at radius 2 is 1.63 bits per heavy atom. The van der Waals surface area contributed by atoms with E-state index < -0.39 is 52.0 Å². The Balaban J connectivity index is 1.75. The van der Waals surface area contributed by atoms with Crippen LogP contribution in [0.15, 0.2) is 76.4 Å². The van der Waals surface area contributed by atoms with Gasteiger partial charge in [-0.25, -0.2) is 9.18 Å². The predicted molar refractivity (Wildman–Crippen MR) is 147 cm³/mol. The van der Waals surface area contributed by atoms with Crippen LogP contribution in [0.3, 0.4) is 0 Å². The largest absolute Gasteiger partial charge is 0.505 e. The number of alkyl halides is 1. The van der Waals surface area contributed by atoms with E-state index in [9.17, 15) is 19.0 Å². The lowest BCUT2D eigenvalue weighted by Gasteiger charge is -2.43. The lowest BCUT2D eigenvalue weighted by molar-refractivity contribution is -0.0393. The first-order valence-electron chi connectivity index (χ1n) is 12.5. The Labute approximate surface area is 222 Å². The van der Waals surface area contributed by atoms with Crippen molar-refractivity contribution in [2.75, 3.05) is 12.8 Å². The van der Waals surface area contributed by atoms with Crippen LogP contribution >= 0.6 is 8.03 Å². The fraction of sp³-hybridized carbons (Fsp3) is 0.407. The Morgan fingerprint density at radius 3 is 2.13 bits per heavy atom. The fourth-order valence-corrected chi connectivity index (χ4v) is 10.7. The summed E-state index contributed by atoms with van der Waals surface area (Å²) in [7, 11) is -5.67. The van der Waals surface area contributed by atoms with Gasteiger partial charge in [0.25, 0.3) is 13.9 Å². The minimum atomic E-state index is -2.99. The van der Waals surface area contributed by atoms with Gasteiger partial charge in [-0.05, 0) is 26.9 Å². The minimum Gasteiger partial charge on any atom is -0.405 e. The summed E-state index contributed by atoms with van der Waals surface area (Å²) in [5, 5.41) is 1.72. The number of nitrogens with one attached hydrogen (secondary N) is 1. The second kappa shape index (κ2) is 11.2. The molecule has 0 bridgehead atoms. The maximum Gasteiger partial charge on any atom is 0.505 e. The Hall–Kier alpha value is -2.75. The SMILES string of the molecule is Cc1cn([C@@H]2O[C@H](CO[Si](c3ccccc3)(c3ccccc3)C(C)(C)C)[C@@H](C[P+](=O)O)[C@H]2F)c(=O)[nH]c1=O. The topological polar surface area (TPSA) is 111 Å². The summed E-state index contributed by atoms with van der Waals surface area (Å²) in [6.07, 6.45) is -3.14. The lowest BCUT2D eigenvalue weighted by Crippen LogP contribution is -2.67. The molecular formula is C27H33FN2O6PSi+. The molecule has 1 unspecified atom stereocenters. The number of ether oxygens (including phenoxy) is 1. The molecule has 0 aliphatic carbocycles. The van der Waals surface area contributed by atoms with E-state index in [0.29, 0.717) is 0 Å². The fourth-order valence-electron chi connectivity index (χ4n) is 5.30. The van der Waals surface area contributed by atoms with Crippen molar-refractivity contribution in [3.63, 3.8) is 0 Å². The maximum absolute atomic E-state index is 15.8. The lowest BCUT2D eigenvalue weighted by atomic mass is 10.0. The zero-order valence-electron chi connectivity index (χ0n) is 21.8.